The van der Waals surface area contributed by atoms with E-state index >= 15 is 0 Å². The highest BCUT2D eigenvalue weighted by atomic mass is 79.9. The van der Waals surface area contributed by atoms with Gasteiger partial charge in [0.25, 0.3) is 11.8 Å². The van der Waals surface area contributed by atoms with Gasteiger partial charge in [-0.15, -0.1) is 5.10 Å². The van der Waals surface area contributed by atoms with E-state index in [1.54, 1.807) is 41.3 Å². The normalized spacial score (nSPS) is 17.6. The first-order valence-electron chi connectivity index (χ1n) is 11.1. The third-order valence-electron chi connectivity index (χ3n) is 5.94. The fraction of sp³-hybridized carbons (Fsp3) is 0.261. The van der Waals surface area contributed by atoms with Gasteiger partial charge in [-0.3, -0.25) is 14.5 Å². The molecule has 1 aliphatic rings. The Hall–Kier alpha value is -4.01. The van der Waals surface area contributed by atoms with E-state index in [9.17, 15) is 14.7 Å². The maximum Gasteiger partial charge on any atom is 0.260 e. The van der Waals surface area contributed by atoms with Crippen LogP contribution in [0.4, 0.5) is 17.3 Å². The fourth-order valence-electron chi connectivity index (χ4n) is 3.92. The van der Waals surface area contributed by atoms with Crippen LogP contribution in [-0.4, -0.2) is 68.8 Å². The lowest BCUT2D eigenvalue weighted by atomic mass is 9.95. The molecule has 2 amide bonds. The standard InChI is InChI=1S/C23H22BrN7O6/c1-23(34,22(33)27-12-3-4-13-16(9-12)37-29-20(13)25)19-21(32)30(7-8-36-19)17-5-6-31(28-17)15-10-18(35-2)26-11-14(15)24/h3-6,9-11,19,34H,7-8H2,1-2H3,(H2,25,29)(H,27,33)/t19-,23+/m0/s1. The van der Waals surface area contributed by atoms with Crippen LogP contribution in [-0.2, 0) is 14.3 Å². The smallest absolute Gasteiger partial charge is 0.260 e. The molecule has 1 fully saturated rings. The summed E-state index contributed by atoms with van der Waals surface area (Å²) in [7, 11) is 1.51. The van der Waals surface area contributed by atoms with E-state index in [0.29, 0.717) is 38.5 Å². The number of amides is 2. The Kier molecular flexibility index (Phi) is 6.31. The number of aromatic nitrogens is 4. The van der Waals surface area contributed by atoms with Gasteiger partial charge < -0.3 is 30.2 Å². The van der Waals surface area contributed by atoms with Gasteiger partial charge in [0, 0.05) is 36.3 Å². The van der Waals surface area contributed by atoms with Crippen LogP contribution in [0.3, 0.4) is 0 Å². The van der Waals surface area contributed by atoms with Gasteiger partial charge in [-0.1, -0.05) is 5.16 Å². The molecule has 3 aromatic heterocycles. The van der Waals surface area contributed by atoms with Crippen LogP contribution in [0.5, 0.6) is 5.88 Å². The van der Waals surface area contributed by atoms with E-state index in [-0.39, 0.29) is 19.0 Å². The van der Waals surface area contributed by atoms with E-state index in [0.717, 1.165) is 0 Å². The molecular formula is C23H22BrN7O6. The summed E-state index contributed by atoms with van der Waals surface area (Å²) in [5.41, 5.74) is 4.85. The molecule has 0 bridgehead atoms. The van der Waals surface area contributed by atoms with Gasteiger partial charge in [0.1, 0.15) is 0 Å². The van der Waals surface area contributed by atoms with E-state index < -0.39 is 23.5 Å². The maximum atomic E-state index is 13.4. The number of nitrogens with zero attached hydrogens (tertiary/aromatic N) is 5. The van der Waals surface area contributed by atoms with Crippen LogP contribution in [0.2, 0.25) is 0 Å². The van der Waals surface area contributed by atoms with Crippen molar-refractivity contribution in [2.45, 2.75) is 18.6 Å². The second-order valence-corrected chi connectivity index (χ2v) is 9.27. The molecule has 1 aliphatic heterocycles. The van der Waals surface area contributed by atoms with E-state index in [2.05, 4.69) is 36.5 Å². The minimum absolute atomic E-state index is 0.0861. The Morgan fingerprint density at radius 3 is 2.95 bits per heavy atom. The third-order valence-corrected chi connectivity index (χ3v) is 6.55. The maximum absolute atomic E-state index is 13.4. The quantitative estimate of drug-likeness (QED) is 0.310. The van der Waals surface area contributed by atoms with Gasteiger partial charge in [0.05, 0.1) is 35.8 Å². The Morgan fingerprint density at radius 2 is 2.16 bits per heavy atom. The van der Waals surface area contributed by atoms with Gasteiger partial charge in [0.15, 0.2) is 28.9 Å². The van der Waals surface area contributed by atoms with Crippen molar-refractivity contribution in [2.75, 3.05) is 36.2 Å². The molecule has 0 aliphatic carbocycles. The molecule has 1 saturated heterocycles. The van der Waals surface area contributed by atoms with Crippen LogP contribution in [0, 0.1) is 0 Å². The largest absolute Gasteiger partial charge is 0.481 e. The van der Waals surface area contributed by atoms with Crippen molar-refractivity contribution >= 4 is 56.0 Å². The number of methoxy groups -OCH3 is 1. The number of benzene rings is 1. The number of hydrogen-bond donors (Lipinski definition) is 3. The van der Waals surface area contributed by atoms with Crippen molar-refractivity contribution in [2.24, 2.45) is 0 Å². The zero-order valence-electron chi connectivity index (χ0n) is 19.7. The number of aliphatic hydroxyl groups is 1. The average Bonchev–Trinajstić information content (AvgIpc) is 3.51. The third kappa shape index (κ3) is 4.50. The minimum atomic E-state index is -2.20. The molecule has 13 nitrogen and oxygen atoms in total. The lowest BCUT2D eigenvalue weighted by Crippen LogP contribution is -2.61. The lowest BCUT2D eigenvalue weighted by molar-refractivity contribution is -0.165. The van der Waals surface area contributed by atoms with Gasteiger partial charge in [-0.05, 0) is 35.0 Å². The fourth-order valence-corrected chi connectivity index (χ4v) is 4.31. The van der Waals surface area contributed by atoms with Crippen molar-refractivity contribution in [1.29, 1.82) is 0 Å². The van der Waals surface area contributed by atoms with Gasteiger partial charge in [0.2, 0.25) is 5.88 Å². The van der Waals surface area contributed by atoms with Crippen LogP contribution in [0.1, 0.15) is 6.92 Å². The first-order valence-corrected chi connectivity index (χ1v) is 11.9. The number of ether oxygens (including phenoxy) is 2. The van der Waals surface area contributed by atoms with Crippen LogP contribution in [0.25, 0.3) is 16.7 Å². The highest BCUT2D eigenvalue weighted by Gasteiger charge is 2.49. The molecule has 192 valence electrons. The van der Waals surface area contributed by atoms with E-state index in [1.165, 1.54) is 25.0 Å². The zero-order valence-corrected chi connectivity index (χ0v) is 21.3. The average molecular weight is 572 g/mol. The van der Waals surface area contributed by atoms with Crippen LogP contribution < -0.4 is 20.7 Å². The summed E-state index contributed by atoms with van der Waals surface area (Å²) >= 11 is 3.43. The van der Waals surface area contributed by atoms with Crippen LogP contribution >= 0.6 is 15.9 Å². The molecule has 4 N–H and O–H groups in total. The zero-order chi connectivity index (χ0) is 26.3. The second-order valence-electron chi connectivity index (χ2n) is 8.42. The Bertz CT molecular complexity index is 1500. The van der Waals surface area contributed by atoms with Crippen molar-refractivity contribution in [3.05, 3.63) is 47.2 Å². The second kappa shape index (κ2) is 9.46. The summed E-state index contributed by atoms with van der Waals surface area (Å²) in [6.45, 7) is 1.50. The van der Waals surface area contributed by atoms with Gasteiger partial charge in [-0.25, -0.2) is 9.67 Å². The number of nitrogen functional groups attached to an aromatic ring is 1. The van der Waals surface area contributed by atoms with Crippen molar-refractivity contribution < 1.29 is 28.7 Å². The number of morpholine rings is 1. The molecule has 4 aromatic rings. The number of hydrogen-bond acceptors (Lipinski definition) is 10. The predicted molar refractivity (Wildman–Crippen MR) is 135 cm³/mol. The van der Waals surface area contributed by atoms with E-state index in [1.807, 2.05) is 0 Å². The number of anilines is 3. The molecule has 4 heterocycles. The number of carbonyl (C=O) groups excluding carboxylic acids is 2. The molecule has 1 aromatic carbocycles. The Labute approximate surface area is 218 Å². The van der Waals surface area contributed by atoms with E-state index in [4.69, 9.17) is 19.7 Å². The first-order chi connectivity index (χ1) is 17.7. The summed E-state index contributed by atoms with van der Waals surface area (Å²) in [4.78, 5) is 31.9. The summed E-state index contributed by atoms with van der Waals surface area (Å²) in [5, 5.41) is 22.4. The summed E-state index contributed by atoms with van der Waals surface area (Å²) in [6.07, 6.45) is 1.78. The predicted octanol–water partition coefficient (Wildman–Crippen LogP) is 1.88. The number of nitrogens with one attached hydrogen (secondary N) is 1. The molecule has 37 heavy (non-hydrogen) atoms. The molecule has 14 heteroatoms. The highest BCUT2D eigenvalue weighted by Crippen LogP contribution is 2.29. The molecule has 0 unspecified atom stereocenters. The number of nitrogens with two attached hydrogens (primary N) is 1. The Morgan fingerprint density at radius 1 is 1.35 bits per heavy atom. The number of rotatable bonds is 6. The van der Waals surface area contributed by atoms with Crippen molar-refractivity contribution in [3.63, 3.8) is 0 Å². The monoisotopic (exact) mass is 571 g/mol. The summed E-state index contributed by atoms with van der Waals surface area (Å²) in [5.74, 6) is -0.505. The van der Waals surface area contributed by atoms with Crippen molar-refractivity contribution in [1.82, 2.24) is 19.9 Å². The topological polar surface area (TPSA) is 171 Å². The molecule has 2 atom stereocenters. The van der Waals surface area contributed by atoms with Gasteiger partial charge >= 0.3 is 0 Å². The molecule has 0 saturated carbocycles. The van der Waals surface area contributed by atoms with Crippen molar-refractivity contribution in [3.8, 4) is 11.6 Å². The molecular weight excluding hydrogens is 550 g/mol. The molecule has 5 rings (SSSR count). The number of carbonyl (C=O) groups is 2. The summed E-state index contributed by atoms with van der Waals surface area (Å²) in [6, 6.07) is 8.06. The number of halogens is 1. The molecule has 0 spiro atoms. The first kappa shape index (κ1) is 24.7. The number of fused-ring (bicyclic) bond motifs is 1. The van der Waals surface area contributed by atoms with Gasteiger partial charge in [-0.2, -0.15) is 0 Å². The highest BCUT2D eigenvalue weighted by molar-refractivity contribution is 9.10. The Balaban J connectivity index is 1.35. The van der Waals surface area contributed by atoms with Crippen LogP contribution in [0.15, 0.2) is 51.7 Å². The molecule has 0 radical (unpaired) electrons. The SMILES string of the molecule is COc1cc(-n2ccc(N3CCO[C@H]([C@@](C)(O)C(=O)Nc4ccc5c(N)noc5c4)C3=O)n2)c(Br)cn1. The lowest BCUT2D eigenvalue weighted by Gasteiger charge is -2.37. The number of pyridine rings is 1. The minimum Gasteiger partial charge on any atom is -0.481 e. The summed E-state index contributed by atoms with van der Waals surface area (Å²) < 4.78 is 18.1.